The normalized spacial score (nSPS) is 10.6. The van der Waals surface area contributed by atoms with Crippen molar-refractivity contribution in [1.82, 2.24) is 0 Å². The van der Waals surface area contributed by atoms with E-state index in [2.05, 4.69) is 5.32 Å². The molecule has 2 rings (SSSR count). The lowest BCUT2D eigenvalue weighted by atomic mass is 10.2. The van der Waals surface area contributed by atoms with E-state index in [0.29, 0.717) is 22.3 Å². The fourth-order valence-corrected chi connectivity index (χ4v) is 2.05. The number of carbonyl (C=O) groups excluding carboxylic acids is 1. The quantitative estimate of drug-likeness (QED) is 0.848. The van der Waals surface area contributed by atoms with Crippen molar-refractivity contribution in [3.05, 3.63) is 59.9 Å². The van der Waals surface area contributed by atoms with Crippen LogP contribution in [0.1, 0.15) is 10.4 Å². The smallest absolute Gasteiger partial charge is 0.288 e. The average molecular weight is 297 g/mol. The molecule has 0 radical (unpaired) electrons. The van der Waals surface area contributed by atoms with Crippen LogP contribution >= 0.6 is 11.8 Å². The average Bonchev–Trinajstić information content (AvgIpc) is 2.40. The Hall–Kier alpha value is -1.95. The molecule has 0 saturated carbocycles. The molecule has 2 aromatic rings. The number of benzene rings is 2. The highest BCUT2D eigenvalue weighted by Gasteiger charge is 2.08. The zero-order valence-corrected chi connectivity index (χ0v) is 11.0. The van der Waals surface area contributed by atoms with Gasteiger partial charge in [0.05, 0.1) is 0 Å². The summed E-state index contributed by atoms with van der Waals surface area (Å²) in [5.74, 6) is -3.44. The van der Waals surface area contributed by atoms with E-state index in [1.807, 2.05) is 0 Å². The minimum atomic E-state index is -2.48. The molecular formula is C14H10F3NOS. The van der Waals surface area contributed by atoms with E-state index in [9.17, 15) is 18.0 Å². The predicted molar refractivity (Wildman–Crippen MR) is 72.7 cm³/mol. The molecule has 2 nitrogen and oxygen atoms in total. The first-order valence-electron chi connectivity index (χ1n) is 5.66. The fraction of sp³-hybridized carbons (Fsp3) is 0.0714. The van der Waals surface area contributed by atoms with Crippen molar-refractivity contribution < 1.29 is 18.0 Å². The van der Waals surface area contributed by atoms with Crippen molar-refractivity contribution in [3.63, 3.8) is 0 Å². The van der Waals surface area contributed by atoms with Gasteiger partial charge in [-0.15, -0.1) is 0 Å². The Labute approximate surface area is 118 Å². The first kappa shape index (κ1) is 14.5. The van der Waals surface area contributed by atoms with Crippen LogP contribution in [0.3, 0.4) is 0 Å². The van der Waals surface area contributed by atoms with Gasteiger partial charge in [-0.1, -0.05) is 17.8 Å². The Morgan fingerprint density at radius 3 is 2.40 bits per heavy atom. The standard InChI is InChI=1S/C14H10F3NOS/c15-10-3-1-2-9(8-10)13(19)18-11-4-6-12(7-5-11)20-14(16)17/h1-8,14H,(H,18,19). The Morgan fingerprint density at radius 2 is 1.80 bits per heavy atom. The monoisotopic (exact) mass is 297 g/mol. The molecule has 0 aliphatic rings. The third-order valence-electron chi connectivity index (χ3n) is 2.42. The van der Waals surface area contributed by atoms with E-state index in [1.54, 1.807) is 0 Å². The third kappa shape index (κ3) is 4.03. The topological polar surface area (TPSA) is 29.1 Å². The zero-order chi connectivity index (χ0) is 14.5. The van der Waals surface area contributed by atoms with Gasteiger partial charge < -0.3 is 5.32 Å². The first-order valence-corrected chi connectivity index (χ1v) is 6.54. The highest BCUT2D eigenvalue weighted by atomic mass is 32.2. The van der Waals surface area contributed by atoms with Crippen molar-refractivity contribution in [2.45, 2.75) is 10.7 Å². The van der Waals surface area contributed by atoms with Crippen molar-refractivity contribution in [3.8, 4) is 0 Å². The molecule has 0 fully saturated rings. The van der Waals surface area contributed by atoms with E-state index in [0.717, 1.165) is 6.07 Å². The van der Waals surface area contributed by atoms with Crippen LogP contribution in [0, 0.1) is 5.82 Å². The van der Waals surface area contributed by atoms with Gasteiger partial charge in [0.15, 0.2) is 0 Å². The zero-order valence-electron chi connectivity index (χ0n) is 10.1. The molecule has 0 aromatic heterocycles. The van der Waals surface area contributed by atoms with Gasteiger partial charge in [0, 0.05) is 16.1 Å². The van der Waals surface area contributed by atoms with Crippen LogP contribution in [-0.2, 0) is 0 Å². The maximum absolute atomic E-state index is 13.0. The number of alkyl halides is 2. The second-order valence-corrected chi connectivity index (χ2v) is 4.93. The summed E-state index contributed by atoms with van der Waals surface area (Å²) in [6.07, 6.45) is 0. The van der Waals surface area contributed by atoms with Crippen molar-refractivity contribution in [1.29, 1.82) is 0 Å². The summed E-state index contributed by atoms with van der Waals surface area (Å²) < 4.78 is 37.3. The van der Waals surface area contributed by atoms with Gasteiger partial charge in [-0.25, -0.2) is 4.39 Å². The van der Waals surface area contributed by atoms with E-state index >= 15 is 0 Å². The van der Waals surface area contributed by atoms with Crippen LogP contribution in [0.15, 0.2) is 53.4 Å². The van der Waals surface area contributed by atoms with Gasteiger partial charge >= 0.3 is 0 Å². The lowest BCUT2D eigenvalue weighted by molar-refractivity contribution is 0.102. The lowest BCUT2D eigenvalue weighted by Crippen LogP contribution is -2.11. The summed E-state index contributed by atoms with van der Waals surface area (Å²) in [5.41, 5.74) is 0.647. The van der Waals surface area contributed by atoms with E-state index in [1.165, 1.54) is 42.5 Å². The molecule has 0 aliphatic heterocycles. The molecule has 0 atom stereocenters. The van der Waals surface area contributed by atoms with Crippen LogP contribution in [0.25, 0.3) is 0 Å². The first-order chi connectivity index (χ1) is 9.54. The largest absolute Gasteiger partial charge is 0.322 e. The summed E-state index contributed by atoms with van der Waals surface area (Å²) in [6, 6.07) is 11.3. The number of hydrogen-bond donors (Lipinski definition) is 1. The van der Waals surface area contributed by atoms with E-state index in [-0.39, 0.29) is 5.56 Å². The second kappa shape index (κ2) is 6.47. The third-order valence-corrected chi connectivity index (χ3v) is 3.15. The van der Waals surface area contributed by atoms with E-state index < -0.39 is 17.5 Å². The molecule has 2 aromatic carbocycles. The molecule has 0 bridgehead atoms. The van der Waals surface area contributed by atoms with Crippen LogP contribution in [-0.4, -0.2) is 11.7 Å². The van der Waals surface area contributed by atoms with Crippen LogP contribution < -0.4 is 5.32 Å². The molecule has 104 valence electrons. The molecule has 6 heteroatoms. The van der Waals surface area contributed by atoms with Crippen LogP contribution in [0.5, 0.6) is 0 Å². The SMILES string of the molecule is O=C(Nc1ccc(SC(F)F)cc1)c1cccc(F)c1. The fourth-order valence-electron chi connectivity index (χ4n) is 1.55. The molecule has 1 amide bonds. The molecular weight excluding hydrogens is 287 g/mol. The summed E-state index contributed by atoms with van der Waals surface area (Å²) in [7, 11) is 0. The van der Waals surface area contributed by atoms with Crippen molar-refractivity contribution >= 4 is 23.4 Å². The molecule has 0 saturated heterocycles. The summed E-state index contributed by atoms with van der Waals surface area (Å²) in [4.78, 5) is 12.2. The maximum atomic E-state index is 13.0. The Kier molecular flexibility index (Phi) is 4.68. The Bertz CT molecular complexity index is 602. The number of hydrogen-bond acceptors (Lipinski definition) is 2. The van der Waals surface area contributed by atoms with Crippen LogP contribution in [0.4, 0.5) is 18.9 Å². The van der Waals surface area contributed by atoms with Gasteiger partial charge in [0.25, 0.3) is 11.7 Å². The Balaban J connectivity index is 2.04. The second-order valence-electron chi connectivity index (χ2n) is 3.87. The lowest BCUT2D eigenvalue weighted by Gasteiger charge is -2.06. The number of halogens is 3. The van der Waals surface area contributed by atoms with Gasteiger partial charge in [-0.2, -0.15) is 8.78 Å². The predicted octanol–water partition coefficient (Wildman–Crippen LogP) is 4.39. The van der Waals surface area contributed by atoms with Gasteiger partial charge in [0.2, 0.25) is 0 Å². The minimum absolute atomic E-state index is 0.191. The van der Waals surface area contributed by atoms with Crippen molar-refractivity contribution in [2.24, 2.45) is 0 Å². The molecule has 0 unspecified atom stereocenters. The summed E-state index contributed by atoms with van der Waals surface area (Å²) in [5, 5.41) is 2.56. The number of carbonyl (C=O) groups is 1. The highest BCUT2D eigenvalue weighted by Crippen LogP contribution is 2.26. The van der Waals surface area contributed by atoms with Gasteiger partial charge in [-0.3, -0.25) is 4.79 Å². The number of thioether (sulfide) groups is 1. The highest BCUT2D eigenvalue weighted by molar-refractivity contribution is 7.99. The van der Waals surface area contributed by atoms with Gasteiger partial charge in [-0.05, 0) is 42.5 Å². The van der Waals surface area contributed by atoms with Gasteiger partial charge in [0.1, 0.15) is 5.82 Å². The number of amides is 1. The minimum Gasteiger partial charge on any atom is -0.322 e. The Morgan fingerprint density at radius 1 is 1.10 bits per heavy atom. The molecule has 0 spiro atoms. The van der Waals surface area contributed by atoms with Crippen molar-refractivity contribution in [2.75, 3.05) is 5.32 Å². The number of rotatable bonds is 4. The summed E-state index contributed by atoms with van der Waals surface area (Å²) in [6.45, 7) is 0. The maximum Gasteiger partial charge on any atom is 0.288 e. The summed E-state index contributed by atoms with van der Waals surface area (Å²) >= 11 is 0.429. The number of nitrogens with one attached hydrogen (secondary N) is 1. The molecule has 1 N–H and O–H groups in total. The molecule has 0 heterocycles. The van der Waals surface area contributed by atoms with Crippen LogP contribution in [0.2, 0.25) is 0 Å². The van der Waals surface area contributed by atoms with E-state index in [4.69, 9.17) is 0 Å². The molecule has 0 aliphatic carbocycles. The number of anilines is 1. The molecule has 20 heavy (non-hydrogen) atoms.